The summed E-state index contributed by atoms with van der Waals surface area (Å²) < 4.78 is 4.87. The Hall–Kier alpha value is -1.32. The van der Waals surface area contributed by atoms with Crippen molar-refractivity contribution in [2.45, 2.75) is 39.2 Å². The maximum atomic E-state index is 11.8. The lowest BCUT2D eigenvalue weighted by Crippen LogP contribution is -2.46. The molecule has 100 valence electrons. The lowest BCUT2D eigenvalue weighted by molar-refractivity contribution is -0.148. The third kappa shape index (κ3) is 2.42. The van der Waals surface area contributed by atoms with Gasteiger partial charge >= 0.3 is 5.97 Å². The van der Waals surface area contributed by atoms with Crippen molar-refractivity contribution in [1.82, 2.24) is 5.32 Å². The normalized spacial score (nSPS) is 33.1. The zero-order valence-electron chi connectivity index (χ0n) is 11.2. The largest absolute Gasteiger partial charge is 0.469 e. The summed E-state index contributed by atoms with van der Waals surface area (Å²) in [5.41, 5.74) is 0.963. The van der Waals surface area contributed by atoms with Crippen LogP contribution in [0.2, 0.25) is 0 Å². The van der Waals surface area contributed by atoms with Gasteiger partial charge in [-0.3, -0.25) is 9.59 Å². The topological polar surface area (TPSA) is 55.4 Å². The fourth-order valence-electron chi connectivity index (χ4n) is 3.44. The summed E-state index contributed by atoms with van der Waals surface area (Å²) in [6, 6.07) is -0.0423. The predicted octanol–water partition coefficient (Wildman–Crippen LogP) is 1.66. The summed E-state index contributed by atoms with van der Waals surface area (Å²) >= 11 is 0. The highest BCUT2D eigenvalue weighted by Crippen LogP contribution is 2.48. The molecule has 2 rings (SSSR count). The van der Waals surface area contributed by atoms with Crippen molar-refractivity contribution < 1.29 is 14.3 Å². The fourth-order valence-corrected chi connectivity index (χ4v) is 3.44. The minimum Gasteiger partial charge on any atom is -0.469 e. The molecule has 4 heteroatoms. The fraction of sp³-hybridized carbons (Fsp3) is 0.714. The van der Waals surface area contributed by atoms with Crippen molar-refractivity contribution in [1.29, 1.82) is 0 Å². The molecule has 1 amide bonds. The van der Waals surface area contributed by atoms with Gasteiger partial charge < -0.3 is 10.1 Å². The number of esters is 1. The second-order valence-electron chi connectivity index (χ2n) is 5.64. The average Bonchev–Trinajstić information content (AvgIpc) is 2.87. The third-order valence-corrected chi connectivity index (χ3v) is 4.12. The van der Waals surface area contributed by atoms with Gasteiger partial charge in [0, 0.05) is 12.1 Å². The standard InChI is InChI=1S/C14H21NO3/c1-8(2)6-11(16)15-13-10-5-4-9(7-10)12(13)14(17)18-3/h6,9-10,12-13H,4-5,7H2,1-3H3,(H,15,16)/t9-,10-,12+,13+/m0/s1. The summed E-state index contributed by atoms with van der Waals surface area (Å²) in [6.45, 7) is 3.77. The molecule has 2 fully saturated rings. The quantitative estimate of drug-likeness (QED) is 0.613. The van der Waals surface area contributed by atoms with E-state index in [9.17, 15) is 9.59 Å². The van der Waals surface area contributed by atoms with Crippen LogP contribution in [0, 0.1) is 17.8 Å². The van der Waals surface area contributed by atoms with E-state index in [0.717, 1.165) is 24.8 Å². The number of carbonyl (C=O) groups excluding carboxylic acids is 2. The molecule has 4 atom stereocenters. The van der Waals surface area contributed by atoms with Crippen LogP contribution in [0.15, 0.2) is 11.6 Å². The molecule has 0 aromatic heterocycles. The second-order valence-corrected chi connectivity index (χ2v) is 5.64. The molecule has 0 aromatic rings. The van der Waals surface area contributed by atoms with Crippen LogP contribution in [0.1, 0.15) is 33.1 Å². The first-order chi connectivity index (χ1) is 8.52. The molecule has 2 saturated carbocycles. The van der Waals surface area contributed by atoms with E-state index in [2.05, 4.69) is 5.32 Å². The number of allylic oxidation sites excluding steroid dienone is 1. The summed E-state index contributed by atoms with van der Waals surface area (Å²) in [7, 11) is 1.42. The molecule has 0 saturated heterocycles. The van der Waals surface area contributed by atoms with Gasteiger partial charge in [0.05, 0.1) is 13.0 Å². The van der Waals surface area contributed by atoms with Crippen LogP contribution in [0.3, 0.4) is 0 Å². The molecule has 2 aliphatic rings. The van der Waals surface area contributed by atoms with Crippen molar-refractivity contribution in [2.24, 2.45) is 17.8 Å². The number of carbonyl (C=O) groups is 2. The van der Waals surface area contributed by atoms with Crippen molar-refractivity contribution in [2.75, 3.05) is 7.11 Å². The van der Waals surface area contributed by atoms with Gasteiger partial charge in [0.15, 0.2) is 0 Å². The molecule has 2 aliphatic carbocycles. The molecule has 0 spiro atoms. The number of nitrogens with one attached hydrogen (secondary N) is 1. The van der Waals surface area contributed by atoms with Crippen molar-refractivity contribution in [3.63, 3.8) is 0 Å². The van der Waals surface area contributed by atoms with Gasteiger partial charge in [-0.05, 0) is 44.9 Å². The Morgan fingerprint density at radius 3 is 2.50 bits per heavy atom. The number of rotatable bonds is 3. The van der Waals surface area contributed by atoms with Crippen LogP contribution in [-0.2, 0) is 14.3 Å². The van der Waals surface area contributed by atoms with E-state index in [1.54, 1.807) is 6.08 Å². The average molecular weight is 251 g/mol. The molecule has 2 bridgehead atoms. The second kappa shape index (κ2) is 5.12. The molecule has 4 nitrogen and oxygen atoms in total. The maximum Gasteiger partial charge on any atom is 0.311 e. The molecule has 0 radical (unpaired) electrons. The van der Waals surface area contributed by atoms with Gasteiger partial charge in [0.25, 0.3) is 0 Å². The van der Waals surface area contributed by atoms with Crippen LogP contribution in [0.5, 0.6) is 0 Å². The molecule has 1 N–H and O–H groups in total. The van der Waals surface area contributed by atoms with E-state index in [1.165, 1.54) is 7.11 Å². The Labute approximate surface area is 108 Å². The van der Waals surface area contributed by atoms with Gasteiger partial charge in [-0.1, -0.05) is 5.57 Å². The molecule has 0 heterocycles. The Bertz CT molecular complexity index is 385. The number of hydrogen-bond donors (Lipinski definition) is 1. The van der Waals surface area contributed by atoms with E-state index in [-0.39, 0.29) is 23.8 Å². The van der Waals surface area contributed by atoms with Crippen LogP contribution in [0.25, 0.3) is 0 Å². The predicted molar refractivity (Wildman–Crippen MR) is 67.7 cm³/mol. The summed E-state index contributed by atoms with van der Waals surface area (Å²) in [4.78, 5) is 23.6. The van der Waals surface area contributed by atoms with E-state index in [1.807, 2.05) is 13.8 Å². The molecular formula is C14H21NO3. The maximum absolute atomic E-state index is 11.8. The number of fused-ring (bicyclic) bond motifs is 2. The van der Waals surface area contributed by atoms with E-state index >= 15 is 0 Å². The number of amides is 1. The Morgan fingerprint density at radius 1 is 1.22 bits per heavy atom. The highest BCUT2D eigenvalue weighted by Gasteiger charge is 2.51. The van der Waals surface area contributed by atoms with Gasteiger partial charge in [-0.2, -0.15) is 0 Å². The summed E-state index contributed by atoms with van der Waals surface area (Å²) in [5.74, 6) is 0.405. The molecule has 0 aliphatic heterocycles. The zero-order valence-corrected chi connectivity index (χ0v) is 11.2. The van der Waals surface area contributed by atoms with Crippen LogP contribution in [-0.4, -0.2) is 25.0 Å². The van der Waals surface area contributed by atoms with Crippen molar-refractivity contribution in [3.05, 3.63) is 11.6 Å². The minimum absolute atomic E-state index is 0.0423. The van der Waals surface area contributed by atoms with Gasteiger partial charge in [0.2, 0.25) is 5.91 Å². The molecular weight excluding hydrogens is 230 g/mol. The first-order valence-electron chi connectivity index (χ1n) is 6.56. The molecule has 18 heavy (non-hydrogen) atoms. The van der Waals surface area contributed by atoms with Crippen molar-refractivity contribution >= 4 is 11.9 Å². The van der Waals surface area contributed by atoms with E-state index in [0.29, 0.717) is 11.8 Å². The van der Waals surface area contributed by atoms with E-state index < -0.39 is 0 Å². The molecule has 0 unspecified atom stereocenters. The van der Waals surface area contributed by atoms with Crippen molar-refractivity contribution in [3.8, 4) is 0 Å². The zero-order chi connectivity index (χ0) is 13.3. The Kier molecular flexibility index (Phi) is 3.73. The van der Waals surface area contributed by atoms with Crippen LogP contribution in [0.4, 0.5) is 0 Å². The Balaban J connectivity index is 2.08. The smallest absolute Gasteiger partial charge is 0.311 e. The minimum atomic E-state index is -0.176. The van der Waals surface area contributed by atoms with Crippen LogP contribution >= 0.6 is 0 Å². The highest BCUT2D eigenvalue weighted by atomic mass is 16.5. The van der Waals surface area contributed by atoms with Gasteiger partial charge in [-0.25, -0.2) is 0 Å². The highest BCUT2D eigenvalue weighted by molar-refractivity contribution is 5.89. The Morgan fingerprint density at radius 2 is 1.89 bits per heavy atom. The number of ether oxygens (including phenoxy) is 1. The van der Waals surface area contributed by atoms with Gasteiger partial charge in [-0.15, -0.1) is 0 Å². The first kappa shape index (κ1) is 13.1. The molecule has 0 aromatic carbocycles. The lowest BCUT2D eigenvalue weighted by atomic mass is 9.84. The number of methoxy groups -OCH3 is 1. The first-order valence-corrected chi connectivity index (χ1v) is 6.56. The summed E-state index contributed by atoms with van der Waals surface area (Å²) in [6.07, 6.45) is 4.82. The van der Waals surface area contributed by atoms with Crippen LogP contribution < -0.4 is 5.32 Å². The number of hydrogen-bond acceptors (Lipinski definition) is 3. The van der Waals surface area contributed by atoms with Gasteiger partial charge in [0.1, 0.15) is 0 Å². The SMILES string of the molecule is COC(=O)[C@@H]1[C@H]2CC[C@@H](C2)[C@H]1NC(=O)C=C(C)C. The summed E-state index contributed by atoms with van der Waals surface area (Å²) in [5, 5.41) is 2.99. The van der Waals surface area contributed by atoms with E-state index in [4.69, 9.17) is 4.74 Å². The lowest BCUT2D eigenvalue weighted by Gasteiger charge is -2.29. The third-order valence-electron chi connectivity index (χ3n) is 4.12. The monoisotopic (exact) mass is 251 g/mol.